The van der Waals surface area contributed by atoms with Gasteiger partial charge in [-0.05, 0) is 41.5 Å². The van der Waals surface area contributed by atoms with Crippen molar-refractivity contribution in [3.8, 4) is 0 Å². The Morgan fingerprint density at radius 3 is 3.11 bits per heavy atom. The van der Waals surface area contributed by atoms with Crippen molar-refractivity contribution >= 4 is 5.91 Å². The predicted octanol–water partition coefficient (Wildman–Crippen LogP) is 0.758. The molecular formula is C12H19N5O. The molecule has 2 fully saturated rings. The summed E-state index contributed by atoms with van der Waals surface area (Å²) >= 11 is 0. The van der Waals surface area contributed by atoms with Crippen LogP contribution in [0.15, 0.2) is 6.33 Å². The second-order valence-electron chi connectivity index (χ2n) is 5.43. The van der Waals surface area contributed by atoms with E-state index in [0.717, 1.165) is 18.3 Å². The number of aryl methyl sites for hydroxylation is 1. The molecule has 98 valence electrons. The number of nitrogens with one attached hydrogen (secondary N) is 1. The average molecular weight is 249 g/mol. The van der Waals surface area contributed by atoms with E-state index in [2.05, 4.69) is 20.8 Å². The second kappa shape index (κ2) is 5.04. The number of tetrazole rings is 1. The van der Waals surface area contributed by atoms with Crippen LogP contribution in [0.5, 0.6) is 0 Å². The summed E-state index contributed by atoms with van der Waals surface area (Å²) in [6.45, 7) is 0.555. The van der Waals surface area contributed by atoms with Gasteiger partial charge in [0.15, 0.2) is 0 Å². The zero-order valence-corrected chi connectivity index (χ0v) is 10.5. The van der Waals surface area contributed by atoms with Crippen molar-refractivity contribution < 1.29 is 4.79 Å². The number of aromatic nitrogens is 4. The van der Waals surface area contributed by atoms with Gasteiger partial charge < -0.3 is 5.32 Å². The minimum absolute atomic E-state index is 0.128. The summed E-state index contributed by atoms with van der Waals surface area (Å²) in [6.07, 6.45) is 8.44. The smallest absolute Gasteiger partial charge is 0.222 e. The number of carbonyl (C=O) groups excluding carboxylic acids is 1. The van der Waals surface area contributed by atoms with E-state index in [9.17, 15) is 4.79 Å². The molecular weight excluding hydrogens is 230 g/mol. The Balaban J connectivity index is 1.46. The molecule has 0 bridgehead atoms. The number of carbonyl (C=O) groups is 1. The maximum absolute atomic E-state index is 11.9. The topological polar surface area (TPSA) is 72.7 Å². The molecule has 3 rings (SSSR count). The number of nitrogens with zero attached hydrogens (tertiary/aromatic N) is 4. The minimum atomic E-state index is 0.128. The molecule has 0 radical (unpaired) electrons. The van der Waals surface area contributed by atoms with Gasteiger partial charge in [0, 0.05) is 12.5 Å². The summed E-state index contributed by atoms with van der Waals surface area (Å²) in [5.74, 6) is 1.74. The van der Waals surface area contributed by atoms with Crippen molar-refractivity contribution in [2.24, 2.45) is 11.8 Å². The molecule has 1 amide bonds. The van der Waals surface area contributed by atoms with Crippen LogP contribution in [0.3, 0.4) is 0 Å². The van der Waals surface area contributed by atoms with Crippen molar-refractivity contribution in [1.82, 2.24) is 25.5 Å². The molecule has 0 spiro atoms. The third kappa shape index (κ3) is 2.37. The van der Waals surface area contributed by atoms with Crippen molar-refractivity contribution in [3.05, 3.63) is 6.33 Å². The molecule has 0 aromatic carbocycles. The molecule has 0 aliphatic heterocycles. The van der Waals surface area contributed by atoms with Crippen molar-refractivity contribution in [2.45, 2.75) is 51.1 Å². The second-order valence-corrected chi connectivity index (χ2v) is 5.43. The molecule has 1 aromatic rings. The third-order valence-corrected chi connectivity index (χ3v) is 4.39. The summed E-state index contributed by atoms with van der Waals surface area (Å²) in [6, 6.07) is 0.416. The first-order valence-corrected chi connectivity index (χ1v) is 6.83. The molecule has 1 heterocycles. The van der Waals surface area contributed by atoms with Gasteiger partial charge in [-0.25, -0.2) is 4.68 Å². The van der Waals surface area contributed by atoms with Crippen LogP contribution >= 0.6 is 0 Å². The van der Waals surface area contributed by atoms with Crippen LogP contribution in [0.4, 0.5) is 0 Å². The summed E-state index contributed by atoms with van der Waals surface area (Å²) < 4.78 is 1.59. The maximum atomic E-state index is 11.9. The standard InChI is InChI=1S/C12H19N5O/c18-12(6-7-17-8-13-15-16-17)14-11-5-4-9-2-1-3-10(9)11/h8-11H,1-7H2,(H,14,18)/t9-,10-,11-/m1/s1. The van der Waals surface area contributed by atoms with Gasteiger partial charge >= 0.3 is 0 Å². The highest BCUT2D eigenvalue weighted by Crippen LogP contribution is 2.43. The fraction of sp³-hybridized carbons (Fsp3) is 0.833. The monoisotopic (exact) mass is 249 g/mol. The van der Waals surface area contributed by atoms with Crippen LogP contribution in [0.2, 0.25) is 0 Å². The molecule has 3 atom stereocenters. The lowest BCUT2D eigenvalue weighted by Gasteiger charge is -2.19. The molecule has 6 heteroatoms. The lowest BCUT2D eigenvalue weighted by molar-refractivity contribution is -0.122. The Morgan fingerprint density at radius 1 is 1.33 bits per heavy atom. The highest BCUT2D eigenvalue weighted by molar-refractivity contribution is 5.76. The van der Waals surface area contributed by atoms with Gasteiger partial charge in [-0.3, -0.25) is 4.79 Å². The lowest BCUT2D eigenvalue weighted by atomic mass is 9.97. The summed E-state index contributed by atoms with van der Waals surface area (Å²) in [4.78, 5) is 11.9. The molecule has 0 unspecified atom stereocenters. The van der Waals surface area contributed by atoms with E-state index in [1.807, 2.05) is 0 Å². The average Bonchev–Trinajstić information content (AvgIpc) is 3.05. The fourth-order valence-corrected chi connectivity index (χ4v) is 3.52. The van der Waals surface area contributed by atoms with Crippen LogP contribution in [-0.4, -0.2) is 32.2 Å². The van der Waals surface area contributed by atoms with Crippen LogP contribution < -0.4 is 5.32 Å². The number of hydrogen-bond donors (Lipinski definition) is 1. The first-order valence-electron chi connectivity index (χ1n) is 6.83. The van der Waals surface area contributed by atoms with Gasteiger partial charge in [0.1, 0.15) is 6.33 Å². The number of rotatable bonds is 4. The van der Waals surface area contributed by atoms with Gasteiger partial charge in [0.05, 0.1) is 6.54 Å². The van der Waals surface area contributed by atoms with E-state index in [0.29, 0.717) is 19.0 Å². The van der Waals surface area contributed by atoms with E-state index < -0.39 is 0 Å². The molecule has 2 aliphatic carbocycles. The molecule has 0 saturated heterocycles. The molecule has 2 saturated carbocycles. The zero-order chi connectivity index (χ0) is 12.4. The maximum Gasteiger partial charge on any atom is 0.222 e. The van der Waals surface area contributed by atoms with E-state index >= 15 is 0 Å². The highest BCUT2D eigenvalue weighted by atomic mass is 16.1. The van der Waals surface area contributed by atoms with Crippen LogP contribution in [0.25, 0.3) is 0 Å². The number of fused-ring (bicyclic) bond motifs is 1. The Hall–Kier alpha value is -1.46. The molecule has 6 nitrogen and oxygen atoms in total. The van der Waals surface area contributed by atoms with Gasteiger partial charge in [0.25, 0.3) is 0 Å². The summed E-state index contributed by atoms with van der Waals surface area (Å²) in [7, 11) is 0. The first kappa shape index (κ1) is 11.6. The minimum Gasteiger partial charge on any atom is -0.353 e. The normalized spacial score (nSPS) is 30.3. The molecule has 2 aliphatic rings. The van der Waals surface area contributed by atoms with Crippen molar-refractivity contribution in [2.75, 3.05) is 0 Å². The van der Waals surface area contributed by atoms with E-state index in [1.54, 1.807) is 4.68 Å². The highest BCUT2D eigenvalue weighted by Gasteiger charge is 2.39. The summed E-state index contributed by atoms with van der Waals surface area (Å²) in [5.41, 5.74) is 0. The fourth-order valence-electron chi connectivity index (χ4n) is 3.52. The number of amides is 1. The first-order chi connectivity index (χ1) is 8.83. The Morgan fingerprint density at radius 2 is 2.28 bits per heavy atom. The third-order valence-electron chi connectivity index (χ3n) is 4.39. The number of hydrogen-bond acceptors (Lipinski definition) is 4. The van der Waals surface area contributed by atoms with Crippen molar-refractivity contribution in [1.29, 1.82) is 0 Å². The Bertz CT molecular complexity index is 405. The van der Waals surface area contributed by atoms with E-state index in [4.69, 9.17) is 0 Å². The van der Waals surface area contributed by atoms with Gasteiger partial charge in [-0.2, -0.15) is 0 Å². The predicted molar refractivity (Wildman–Crippen MR) is 64.4 cm³/mol. The molecule has 1 aromatic heterocycles. The van der Waals surface area contributed by atoms with Crippen LogP contribution in [0, 0.1) is 11.8 Å². The lowest BCUT2D eigenvalue weighted by Crippen LogP contribution is -2.38. The Kier molecular flexibility index (Phi) is 3.25. The Labute approximate surface area is 106 Å². The molecule has 18 heavy (non-hydrogen) atoms. The van der Waals surface area contributed by atoms with Gasteiger partial charge in [-0.15, -0.1) is 5.10 Å². The summed E-state index contributed by atoms with van der Waals surface area (Å²) in [5, 5.41) is 14.0. The van der Waals surface area contributed by atoms with Gasteiger partial charge in [0.2, 0.25) is 5.91 Å². The van der Waals surface area contributed by atoms with Crippen molar-refractivity contribution in [3.63, 3.8) is 0 Å². The van der Waals surface area contributed by atoms with Crippen LogP contribution in [0.1, 0.15) is 38.5 Å². The van der Waals surface area contributed by atoms with Crippen LogP contribution in [-0.2, 0) is 11.3 Å². The van der Waals surface area contributed by atoms with E-state index in [1.165, 1.54) is 32.0 Å². The van der Waals surface area contributed by atoms with Gasteiger partial charge in [-0.1, -0.05) is 12.8 Å². The quantitative estimate of drug-likeness (QED) is 0.855. The SMILES string of the molecule is O=C(CCn1cnnn1)N[C@@H]1CC[C@H]2CCC[C@H]21. The zero-order valence-electron chi connectivity index (χ0n) is 10.5. The molecule has 1 N–H and O–H groups in total. The van der Waals surface area contributed by atoms with E-state index in [-0.39, 0.29) is 5.91 Å². The largest absolute Gasteiger partial charge is 0.353 e.